The summed E-state index contributed by atoms with van der Waals surface area (Å²) in [5.41, 5.74) is 0.697. The van der Waals surface area contributed by atoms with Crippen LogP contribution in [0.1, 0.15) is 0 Å². The maximum atomic E-state index is 13.9. The predicted octanol–water partition coefficient (Wildman–Crippen LogP) is 3.42. The highest BCUT2D eigenvalue weighted by Crippen LogP contribution is 2.27. The van der Waals surface area contributed by atoms with Gasteiger partial charge in [-0.3, -0.25) is 19.4 Å². The lowest BCUT2D eigenvalue weighted by Crippen LogP contribution is -2.50. The lowest BCUT2D eigenvalue weighted by molar-refractivity contribution is -0.120. The molecule has 0 unspecified atom stereocenters. The molecule has 11 heteroatoms. The van der Waals surface area contributed by atoms with Gasteiger partial charge in [0, 0.05) is 42.8 Å². The quantitative estimate of drug-likeness (QED) is 0.532. The normalized spacial score (nSPS) is 14.7. The van der Waals surface area contributed by atoms with Crippen LogP contribution in [0.2, 0.25) is 0 Å². The van der Waals surface area contributed by atoms with Gasteiger partial charge < -0.3 is 10.6 Å². The van der Waals surface area contributed by atoms with E-state index in [1.54, 1.807) is 11.4 Å². The number of hydrogen-bond donors (Lipinski definition) is 2. The molecule has 1 saturated heterocycles. The molecule has 4 rings (SSSR count). The Hall–Kier alpha value is -3.28. The molecule has 1 aliphatic rings. The molecule has 2 aromatic carbocycles. The van der Waals surface area contributed by atoms with Crippen molar-refractivity contribution >= 4 is 34.0 Å². The zero-order valence-corrected chi connectivity index (χ0v) is 18.9. The zero-order valence-electron chi connectivity index (χ0n) is 18.1. The maximum absolute atomic E-state index is 13.9. The summed E-state index contributed by atoms with van der Waals surface area (Å²) in [6.45, 7) is 2.71. The second kappa shape index (κ2) is 10.8. The molecule has 0 spiro atoms. The number of rotatable bonds is 7. The molecule has 7 nitrogen and oxygen atoms in total. The first-order valence-electron chi connectivity index (χ1n) is 10.6. The second-order valence-electron chi connectivity index (χ2n) is 7.82. The lowest BCUT2D eigenvalue weighted by Gasteiger charge is -2.33. The van der Waals surface area contributed by atoms with Crippen molar-refractivity contribution in [1.29, 1.82) is 0 Å². The third-order valence-electron chi connectivity index (χ3n) is 5.26. The topological polar surface area (TPSA) is 77.6 Å². The molecule has 2 N–H and O–H groups in total. The average Bonchev–Trinajstić information content (AvgIpc) is 3.24. The van der Waals surface area contributed by atoms with Crippen molar-refractivity contribution in [2.75, 3.05) is 49.9 Å². The van der Waals surface area contributed by atoms with Gasteiger partial charge >= 0.3 is 0 Å². The monoisotopic (exact) mass is 489 g/mol. The Labute approximate surface area is 198 Å². The fraction of sp³-hybridized carbons (Fsp3) is 0.261. The summed E-state index contributed by atoms with van der Waals surface area (Å²) in [5.74, 6) is -2.07. The van der Waals surface area contributed by atoms with E-state index < -0.39 is 17.5 Å². The SMILES string of the molecule is O=C(CN1CCN(CC(=O)Nc2nc(-c3cc(F)ccc3F)cs2)CC1)Nc1cccc(F)c1. The molecule has 178 valence electrons. The third-order valence-corrected chi connectivity index (χ3v) is 6.02. The summed E-state index contributed by atoms with van der Waals surface area (Å²) in [7, 11) is 0. The molecule has 1 aromatic heterocycles. The minimum atomic E-state index is -0.591. The van der Waals surface area contributed by atoms with E-state index in [0.717, 1.165) is 29.5 Å². The van der Waals surface area contributed by atoms with Crippen molar-refractivity contribution < 1.29 is 22.8 Å². The highest BCUT2D eigenvalue weighted by Gasteiger charge is 2.21. The van der Waals surface area contributed by atoms with Gasteiger partial charge in [-0.1, -0.05) is 6.07 Å². The smallest absolute Gasteiger partial charge is 0.240 e. The lowest BCUT2D eigenvalue weighted by atomic mass is 10.1. The van der Waals surface area contributed by atoms with Crippen LogP contribution in [0.4, 0.5) is 24.0 Å². The van der Waals surface area contributed by atoms with Gasteiger partial charge in [0.05, 0.1) is 18.8 Å². The predicted molar refractivity (Wildman–Crippen MR) is 124 cm³/mol. The molecule has 0 radical (unpaired) electrons. The molecule has 0 aliphatic carbocycles. The average molecular weight is 490 g/mol. The Morgan fingerprint density at radius 3 is 2.21 bits per heavy atom. The standard InChI is InChI=1S/C23H22F3N5O2S/c24-15-2-1-3-17(10-15)27-21(32)12-30-6-8-31(9-7-30)13-22(33)29-23-28-20(14-34-23)18-11-16(25)4-5-19(18)26/h1-5,10-11,14H,6-9,12-13H2,(H,27,32)(H,28,29,33). The van der Waals surface area contributed by atoms with Crippen LogP contribution in [0.5, 0.6) is 0 Å². The van der Waals surface area contributed by atoms with Crippen LogP contribution in [0.15, 0.2) is 47.8 Å². The number of thiazole rings is 1. The molecule has 1 fully saturated rings. The number of carbonyl (C=O) groups excluding carboxylic acids is 2. The zero-order chi connectivity index (χ0) is 24.1. The summed E-state index contributed by atoms with van der Waals surface area (Å²) >= 11 is 1.13. The number of carbonyl (C=O) groups is 2. The van der Waals surface area contributed by atoms with Gasteiger partial charge in [0.2, 0.25) is 11.8 Å². The third kappa shape index (κ3) is 6.40. The summed E-state index contributed by atoms with van der Waals surface area (Å²) in [4.78, 5) is 32.7. The van der Waals surface area contributed by atoms with Crippen LogP contribution in [-0.4, -0.2) is 65.9 Å². The van der Waals surface area contributed by atoms with Crippen LogP contribution >= 0.6 is 11.3 Å². The minimum Gasteiger partial charge on any atom is -0.325 e. The number of piperazine rings is 1. The molecule has 0 saturated carbocycles. The number of aromatic nitrogens is 1. The number of halogens is 3. The maximum Gasteiger partial charge on any atom is 0.240 e. The van der Waals surface area contributed by atoms with Crippen molar-refractivity contribution in [2.45, 2.75) is 0 Å². The van der Waals surface area contributed by atoms with Crippen LogP contribution in [0.3, 0.4) is 0 Å². The number of nitrogens with zero attached hydrogens (tertiary/aromatic N) is 3. The highest BCUT2D eigenvalue weighted by molar-refractivity contribution is 7.14. The highest BCUT2D eigenvalue weighted by atomic mass is 32.1. The van der Waals surface area contributed by atoms with Crippen molar-refractivity contribution in [1.82, 2.24) is 14.8 Å². The Morgan fingerprint density at radius 1 is 0.882 bits per heavy atom. The number of hydrogen-bond acceptors (Lipinski definition) is 6. The van der Waals surface area contributed by atoms with E-state index in [1.165, 1.54) is 18.2 Å². The van der Waals surface area contributed by atoms with Crippen molar-refractivity contribution in [3.05, 3.63) is 65.3 Å². The van der Waals surface area contributed by atoms with Gasteiger partial charge in [-0.2, -0.15) is 0 Å². The number of benzene rings is 2. The molecular formula is C23H22F3N5O2S. The van der Waals surface area contributed by atoms with E-state index >= 15 is 0 Å². The second-order valence-corrected chi connectivity index (χ2v) is 8.68. The number of anilines is 2. The minimum absolute atomic E-state index is 0.0364. The number of amides is 2. The van der Waals surface area contributed by atoms with E-state index in [0.29, 0.717) is 37.0 Å². The van der Waals surface area contributed by atoms with E-state index in [1.807, 2.05) is 9.80 Å². The van der Waals surface area contributed by atoms with E-state index in [4.69, 9.17) is 0 Å². The Kier molecular flexibility index (Phi) is 7.56. The fourth-order valence-corrected chi connectivity index (χ4v) is 4.31. The van der Waals surface area contributed by atoms with Gasteiger partial charge in [0.15, 0.2) is 5.13 Å². The first-order valence-corrected chi connectivity index (χ1v) is 11.4. The molecule has 2 amide bonds. The van der Waals surface area contributed by atoms with Crippen LogP contribution in [0, 0.1) is 17.5 Å². The van der Waals surface area contributed by atoms with Gasteiger partial charge in [-0.15, -0.1) is 11.3 Å². The molecule has 0 atom stereocenters. The first-order chi connectivity index (χ1) is 16.4. The Bertz CT molecular complexity index is 1180. The van der Waals surface area contributed by atoms with Crippen LogP contribution < -0.4 is 10.6 Å². The van der Waals surface area contributed by atoms with E-state index in [2.05, 4.69) is 15.6 Å². The summed E-state index contributed by atoms with van der Waals surface area (Å²) < 4.78 is 40.6. The van der Waals surface area contributed by atoms with Crippen molar-refractivity contribution in [3.63, 3.8) is 0 Å². The van der Waals surface area contributed by atoms with Crippen molar-refractivity contribution in [3.8, 4) is 11.3 Å². The van der Waals surface area contributed by atoms with E-state index in [9.17, 15) is 22.8 Å². The van der Waals surface area contributed by atoms with Gasteiger partial charge in [-0.25, -0.2) is 18.2 Å². The Balaban J connectivity index is 1.21. The molecule has 1 aliphatic heterocycles. The van der Waals surface area contributed by atoms with E-state index in [-0.39, 0.29) is 36.2 Å². The van der Waals surface area contributed by atoms with Crippen LogP contribution in [-0.2, 0) is 9.59 Å². The molecular weight excluding hydrogens is 467 g/mol. The summed E-state index contributed by atoms with van der Waals surface area (Å²) in [6.07, 6.45) is 0. The molecule has 0 bridgehead atoms. The first kappa shape index (κ1) is 23.9. The number of nitrogens with one attached hydrogen (secondary N) is 2. The largest absolute Gasteiger partial charge is 0.325 e. The van der Waals surface area contributed by atoms with Crippen LogP contribution in [0.25, 0.3) is 11.3 Å². The molecule has 2 heterocycles. The van der Waals surface area contributed by atoms with Gasteiger partial charge in [0.25, 0.3) is 0 Å². The Morgan fingerprint density at radius 2 is 1.53 bits per heavy atom. The van der Waals surface area contributed by atoms with Crippen molar-refractivity contribution in [2.24, 2.45) is 0 Å². The summed E-state index contributed by atoms with van der Waals surface area (Å²) in [5, 5.41) is 7.22. The molecule has 3 aromatic rings. The van der Waals surface area contributed by atoms with Gasteiger partial charge in [-0.05, 0) is 36.4 Å². The van der Waals surface area contributed by atoms with Gasteiger partial charge in [0.1, 0.15) is 17.5 Å². The molecule has 34 heavy (non-hydrogen) atoms. The fourth-order valence-electron chi connectivity index (χ4n) is 3.59. The summed E-state index contributed by atoms with van der Waals surface area (Å²) in [6, 6.07) is 8.85.